The SMILES string of the molecule is CC(N)C(=O)OCOC(=O)n1cc(CCN(C)C)c2ccccc21. The second-order valence-corrected chi connectivity index (χ2v) is 5.87. The van der Waals surface area contributed by atoms with Gasteiger partial charge in [-0.25, -0.2) is 4.79 Å². The number of likely N-dealkylation sites (N-methyl/N-ethyl adjacent to an activating group) is 1. The van der Waals surface area contributed by atoms with E-state index in [4.69, 9.17) is 15.2 Å². The first kappa shape index (κ1) is 18.0. The second-order valence-electron chi connectivity index (χ2n) is 5.87. The topological polar surface area (TPSA) is 86.8 Å². The smallest absolute Gasteiger partial charge is 0.421 e. The summed E-state index contributed by atoms with van der Waals surface area (Å²) >= 11 is 0. The molecule has 130 valence electrons. The molecule has 7 heteroatoms. The Morgan fingerprint density at radius 1 is 1.25 bits per heavy atom. The highest BCUT2D eigenvalue weighted by Gasteiger charge is 2.16. The molecule has 0 aliphatic heterocycles. The Labute approximate surface area is 140 Å². The molecule has 2 aromatic rings. The lowest BCUT2D eigenvalue weighted by Crippen LogP contribution is -2.30. The maximum Gasteiger partial charge on any atom is 0.421 e. The van der Waals surface area contributed by atoms with E-state index < -0.39 is 24.9 Å². The number of hydrogen-bond acceptors (Lipinski definition) is 6. The van der Waals surface area contributed by atoms with E-state index >= 15 is 0 Å². The predicted molar refractivity (Wildman–Crippen MR) is 90.7 cm³/mol. The first-order chi connectivity index (χ1) is 11.4. The van der Waals surface area contributed by atoms with E-state index in [1.54, 1.807) is 6.20 Å². The third-order valence-electron chi connectivity index (χ3n) is 3.57. The molecular weight excluding hydrogens is 310 g/mol. The lowest BCUT2D eigenvalue weighted by Gasteiger charge is -2.09. The minimum Gasteiger partial charge on any atom is -0.427 e. The van der Waals surface area contributed by atoms with E-state index in [9.17, 15) is 9.59 Å². The van der Waals surface area contributed by atoms with Gasteiger partial charge in [-0.05, 0) is 39.1 Å². The van der Waals surface area contributed by atoms with Gasteiger partial charge in [0.05, 0.1) is 5.52 Å². The monoisotopic (exact) mass is 333 g/mol. The number of nitrogens with two attached hydrogens (primary N) is 1. The molecule has 0 saturated heterocycles. The van der Waals surface area contributed by atoms with Crippen LogP contribution in [0.25, 0.3) is 10.9 Å². The van der Waals surface area contributed by atoms with Crippen LogP contribution in [-0.2, 0) is 20.7 Å². The lowest BCUT2D eigenvalue weighted by atomic mass is 10.1. The lowest BCUT2D eigenvalue weighted by molar-refractivity contribution is -0.152. The zero-order valence-electron chi connectivity index (χ0n) is 14.2. The molecule has 0 fully saturated rings. The van der Waals surface area contributed by atoms with Crippen LogP contribution in [0.5, 0.6) is 0 Å². The minimum atomic E-state index is -0.756. The van der Waals surface area contributed by atoms with Crippen LogP contribution in [0.1, 0.15) is 12.5 Å². The van der Waals surface area contributed by atoms with Crippen molar-refractivity contribution < 1.29 is 19.1 Å². The van der Waals surface area contributed by atoms with Crippen molar-refractivity contribution in [1.82, 2.24) is 9.47 Å². The molecule has 24 heavy (non-hydrogen) atoms. The fourth-order valence-corrected chi connectivity index (χ4v) is 2.28. The van der Waals surface area contributed by atoms with Crippen LogP contribution in [-0.4, -0.2) is 55.0 Å². The number of rotatable bonds is 6. The first-order valence-electron chi connectivity index (χ1n) is 7.73. The summed E-state index contributed by atoms with van der Waals surface area (Å²) in [6, 6.07) is 6.86. The summed E-state index contributed by atoms with van der Waals surface area (Å²) < 4.78 is 11.2. The molecule has 1 unspecified atom stereocenters. The van der Waals surface area contributed by atoms with Crippen LogP contribution in [0.3, 0.4) is 0 Å². The average molecular weight is 333 g/mol. The van der Waals surface area contributed by atoms with Crippen molar-refractivity contribution in [2.24, 2.45) is 5.73 Å². The quantitative estimate of drug-likeness (QED) is 0.638. The van der Waals surface area contributed by atoms with Crippen molar-refractivity contribution in [3.8, 4) is 0 Å². The van der Waals surface area contributed by atoms with E-state index in [0.29, 0.717) is 0 Å². The van der Waals surface area contributed by atoms with Gasteiger partial charge in [0.2, 0.25) is 6.79 Å². The van der Waals surface area contributed by atoms with Crippen LogP contribution in [0.15, 0.2) is 30.5 Å². The largest absolute Gasteiger partial charge is 0.427 e. The van der Waals surface area contributed by atoms with E-state index in [1.807, 2.05) is 38.4 Å². The number of para-hydroxylation sites is 1. The van der Waals surface area contributed by atoms with Crippen molar-refractivity contribution in [2.75, 3.05) is 27.4 Å². The molecule has 1 atom stereocenters. The molecule has 0 bridgehead atoms. The second kappa shape index (κ2) is 7.94. The highest BCUT2D eigenvalue weighted by molar-refractivity contribution is 5.92. The number of esters is 1. The summed E-state index contributed by atoms with van der Waals surface area (Å²) in [7, 11) is 4.00. The highest BCUT2D eigenvalue weighted by Crippen LogP contribution is 2.22. The molecule has 2 N–H and O–H groups in total. The molecule has 0 aliphatic carbocycles. The highest BCUT2D eigenvalue weighted by atomic mass is 16.7. The summed E-state index contributed by atoms with van der Waals surface area (Å²) in [4.78, 5) is 25.6. The Morgan fingerprint density at radius 3 is 2.62 bits per heavy atom. The number of ether oxygens (including phenoxy) is 2. The molecule has 2 rings (SSSR count). The summed E-state index contributed by atoms with van der Waals surface area (Å²) in [5.74, 6) is -0.619. The van der Waals surface area contributed by atoms with Crippen LogP contribution in [0.2, 0.25) is 0 Å². The molecule has 1 aromatic carbocycles. The van der Waals surface area contributed by atoms with Crippen LogP contribution < -0.4 is 5.73 Å². The van der Waals surface area contributed by atoms with Crippen molar-refractivity contribution >= 4 is 23.0 Å². The summed E-state index contributed by atoms with van der Waals surface area (Å²) in [5, 5.41) is 1.00. The Hall–Kier alpha value is -2.38. The van der Waals surface area contributed by atoms with Crippen LogP contribution >= 0.6 is 0 Å². The van der Waals surface area contributed by atoms with Crippen LogP contribution in [0, 0.1) is 0 Å². The zero-order chi connectivity index (χ0) is 17.7. The normalized spacial score (nSPS) is 12.4. The molecule has 1 aromatic heterocycles. The minimum absolute atomic E-state index is 0.460. The third kappa shape index (κ3) is 4.33. The third-order valence-corrected chi connectivity index (χ3v) is 3.57. The van der Waals surface area contributed by atoms with E-state index in [0.717, 1.165) is 29.4 Å². The molecule has 7 nitrogen and oxygen atoms in total. The predicted octanol–water partition coefficient (Wildman–Crippen LogP) is 1.58. The van der Waals surface area contributed by atoms with Gasteiger partial charge in [-0.3, -0.25) is 9.36 Å². The summed E-state index contributed by atoms with van der Waals surface area (Å²) in [6.45, 7) is 1.91. The van der Waals surface area contributed by atoms with Crippen molar-refractivity contribution in [2.45, 2.75) is 19.4 Å². The molecule has 0 saturated carbocycles. The average Bonchev–Trinajstić information content (AvgIpc) is 2.91. The zero-order valence-corrected chi connectivity index (χ0v) is 14.2. The Bertz CT molecular complexity index is 722. The van der Waals surface area contributed by atoms with E-state index in [2.05, 4.69) is 4.90 Å². The number of nitrogens with zero attached hydrogens (tertiary/aromatic N) is 2. The molecule has 0 amide bonds. The summed E-state index contributed by atoms with van der Waals surface area (Å²) in [6.07, 6.45) is 1.98. The van der Waals surface area contributed by atoms with Gasteiger partial charge in [0.1, 0.15) is 6.04 Å². The van der Waals surface area contributed by atoms with E-state index in [-0.39, 0.29) is 0 Å². The fourth-order valence-electron chi connectivity index (χ4n) is 2.28. The van der Waals surface area contributed by atoms with Gasteiger partial charge >= 0.3 is 12.1 Å². The Kier molecular flexibility index (Phi) is 5.94. The Balaban J connectivity index is 2.13. The van der Waals surface area contributed by atoms with Gasteiger partial charge < -0.3 is 20.1 Å². The molecule has 0 spiro atoms. The maximum absolute atomic E-state index is 12.3. The molecule has 0 aliphatic rings. The maximum atomic E-state index is 12.3. The van der Waals surface area contributed by atoms with Crippen LogP contribution in [0.4, 0.5) is 4.79 Å². The molecule has 0 radical (unpaired) electrons. The molecular formula is C17H23N3O4. The van der Waals surface area contributed by atoms with Gasteiger partial charge in [-0.15, -0.1) is 0 Å². The number of fused-ring (bicyclic) bond motifs is 1. The van der Waals surface area contributed by atoms with Gasteiger partial charge in [0.25, 0.3) is 0 Å². The van der Waals surface area contributed by atoms with E-state index in [1.165, 1.54) is 11.5 Å². The fraction of sp³-hybridized carbons (Fsp3) is 0.412. The van der Waals surface area contributed by atoms with Gasteiger partial charge in [0, 0.05) is 18.1 Å². The number of carbonyl (C=O) groups is 2. The van der Waals surface area contributed by atoms with Crippen molar-refractivity contribution in [3.63, 3.8) is 0 Å². The first-order valence-corrected chi connectivity index (χ1v) is 7.73. The number of carbonyl (C=O) groups excluding carboxylic acids is 2. The number of hydrogen-bond donors (Lipinski definition) is 1. The Morgan fingerprint density at radius 2 is 1.96 bits per heavy atom. The number of benzene rings is 1. The number of aromatic nitrogens is 1. The van der Waals surface area contributed by atoms with Gasteiger partial charge in [-0.1, -0.05) is 18.2 Å². The molecule has 1 heterocycles. The van der Waals surface area contributed by atoms with Crippen molar-refractivity contribution in [3.05, 3.63) is 36.0 Å². The van der Waals surface area contributed by atoms with Gasteiger partial charge in [-0.2, -0.15) is 0 Å². The standard InChI is InChI=1S/C17H23N3O4/c1-12(18)16(21)23-11-24-17(22)20-10-13(8-9-19(2)3)14-6-4-5-7-15(14)20/h4-7,10,12H,8-9,11,18H2,1-3H3. The van der Waals surface area contributed by atoms with Crippen molar-refractivity contribution in [1.29, 1.82) is 0 Å². The summed E-state index contributed by atoms with van der Waals surface area (Å²) in [5.41, 5.74) is 7.19. The van der Waals surface area contributed by atoms with Gasteiger partial charge in [0.15, 0.2) is 0 Å².